The number of ether oxygens (including phenoxy) is 6. The molecule has 0 radical (unpaired) electrons. The molecule has 4 atom stereocenters. The third kappa shape index (κ3) is 2.78. The maximum atomic E-state index is 5.86. The van der Waals surface area contributed by atoms with Crippen LogP contribution >= 0.6 is 0 Å². The Bertz CT molecular complexity index is 224. The molecule has 1 heterocycles. The van der Waals surface area contributed by atoms with Crippen molar-refractivity contribution in [2.75, 3.05) is 48.8 Å². The first-order valence-corrected chi connectivity index (χ1v) is 5.45. The molecule has 0 aliphatic carbocycles. The molecule has 0 aromatic heterocycles. The fraction of sp³-hybridized carbons (Fsp3) is 1.00. The maximum absolute atomic E-state index is 5.86. The van der Waals surface area contributed by atoms with E-state index in [1.165, 1.54) is 0 Å². The van der Waals surface area contributed by atoms with Gasteiger partial charge in [0.2, 0.25) is 5.79 Å². The van der Waals surface area contributed by atoms with Crippen molar-refractivity contribution in [1.82, 2.24) is 0 Å². The predicted octanol–water partition coefficient (Wildman–Crippen LogP) is 0.0507. The highest BCUT2D eigenvalue weighted by Crippen LogP contribution is 2.35. The first-order chi connectivity index (χ1) is 8.18. The second-order valence-corrected chi connectivity index (χ2v) is 3.92. The summed E-state index contributed by atoms with van der Waals surface area (Å²) in [4.78, 5) is 0. The maximum Gasteiger partial charge on any atom is 0.221 e. The molecule has 1 fully saturated rings. The molecule has 1 saturated heterocycles. The van der Waals surface area contributed by atoms with Crippen LogP contribution in [0.3, 0.4) is 0 Å². The zero-order valence-electron chi connectivity index (χ0n) is 11.1. The van der Waals surface area contributed by atoms with Crippen LogP contribution in [0.4, 0.5) is 0 Å². The van der Waals surface area contributed by atoms with Crippen molar-refractivity contribution < 1.29 is 28.4 Å². The monoisotopic (exact) mass is 250 g/mol. The van der Waals surface area contributed by atoms with Crippen molar-refractivity contribution >= 4 is 0 Å². The van der Waals surface area contributed by atoms with Crippen LogP contribution in [0.25, 0.3) is 0 Å². The van der Waals surface area contributed by atoms with Crippen molar-refractivity contribution in [2.45, 2.75) is 24.1 Å². The molecule has 1 rings (SSSR count). The number of rotatable bonds is 7. The molecular weight excluding hydrogens is 228 g/mol. The number of hydrogen-bond donors (Lipinski definition) is 0. The van der Waals surface area contributed by atoms with Gasteiger partial charge in [0.15, 0.2) is 0 Å². The number of methoxy groups -OCH3 is 5. The van der Waals surface area contributed by atoms with Crippen molar-refractivity contribution in [3.63, 3.8) is 0 Å². The van der Waals surface area contributed by atoms with Gasteiger partial charge in [-0.05, 0) is 0 Å². The predicted molar refractivity (Wildman–Crippen MR) is 60.0 cm³/mol. The molecule has 0 aromatic rings. The summed E-state index contributed by atoms with van der Waals surface area (Å²) >= 11 is 0. The van der Waals surface area contributed by atoms with Crippen LogP contribution in [0.15, 0.2) is 0 Å². The number of hydrogen-bond acceptors (Lipinski definition) is 6. The highest BCUT2D eigenvalue weighted by molar-refractivity contribution is 4.98. The first-order valence-electron chi connectivity index (χ1n) is 5.45. The Labute approximate surface area is 102 Å². The molecule has 0 spiro atoms. The minimum Gasteiger partial charge on any atom is -0.382 e. The average Bonchev–Trinajstić information content (AvgIpc) is 2.63. The van der Waals surface area contributed by atoms with E-state index >= 15 is 0 Å². The molecule has 0 N–H and O–H groups in total. The smallest absolute Gasteiger partial charge is 0.221 e. The summed E-state index contributed by atoms with van der Waals surface area (Å²) in [5, 5.41) is 0. The third-order valence-electron chi connectivity index (χ3n) is 3.00. The van der Waals surface area contributed by atoms with Crippen LogP contribution in [0.1, 0.15) is 0 Å². The Morgan fingerprint density at radius 1 is 1.00 bits per heavy atom. The molecule has 0 unspecified atom stereocenters. The van der Waals surface area contributed by atoms with Gasteiger partial charge in [0.1, 0.15) is 24.9 Å². The largest absolute Gasteiger partial charge is 0.382 e. The van der Waals surface area contributed by atoms with Crippen molar-refractivity contribution in [3.05, 3.63) is 0 Å². The lowest BCUT2D eigenvalue weighted by atomic mass is 10.1. The van der Waals surface area contributed by atoms with E-state index in [2.05, 4.69) is 0 Å². The summed E-state index contributed by atoms with van der Waals surface area (Å²) in [6, 6.07) is 0. The second kappa shape index (κ2) is 6.63. The van der Waals surface area contributed by atoms with E-state index in [0.717, 1.165) is 0 Å². The van der Waals surface area contributed by atoms with E-state index in [-0.39, 0.29) is 24.9 Å². The van der Waals surface area contributed by atoms with Gasteiger partial charge in [0.25, 0.3) is 0 Å². The lowest BCUT2D eigenvalue weighted by Gasteiger charge is -2.31. The minimum atomic E-state index is -0.951. The summed E-state index contributed by atoms with van der Waals surface area (Å²) in [7, 11) is 7.97. The SMILES string of the molecule is COC[C@H]1O[C@](COC)(OC)[C@@H](OC)[C@@H]1OC. The Morgan fingerprint density at radius 3 is 2.12 bits per heavy atom. The lowest BCUT2D eigenvalue weighted by molar-refractivity contribution is -0.271. The second-order valence-electron chi connectivity index (χ2n) is 3.92. The standard InChI is InChI=1S/C11H22O6/c1-12-6-8-9(14-3)10(15-4)11(16-5,17-8)7-13-2/h8-10H,6-7H2,1-5H3/t8-,9-,10+,11+/m1/s1. The normalized spacial score (nSPS) is 37.6. The van der Waals surface area contributed by atoms with Crippen LogP contribution in [0, 0.1) is 0 Å². The van der Waals surface area contributed by atoms with Crippen LogP contribution in [-0.2, 0) is 28.4 Å². The van der Waals surface area contributed by atoms with Gasteiger partial charge < -0.3 is 28.4 Å². The van der Waals surface area contributed by atoms with Gasteiger partial charge in [-0.15, -0.1) is 0 Å². The summed E-state index contributed by atoms with van der Waals surface area (Å²) in [5.74, 6) is -0.951. The van der Waals surface area contributed by atoms with E-state index in [1.807, 2.05) is 0 Å². The van der Waals surface area contributed by atoms with Gasteiger partial charge in [0, 0.05) is 35.5 Å². The van der Waals surface area contributed by atoms with Crippen LogP contribution in [0.5, 0.6) is 0 Å². The Kier molecular flexibility index (Phi) is 5.78. The molecule has 6 heteroatoms. The zero-order chi connectivity index (χ0) is 12.9. The van der Waals surface area contributed by atoms with Gasteiger partial charge in [-0.2, -0.15) is 0 Å². The van der Waals surface area contributed by atoms with Gasteiger partial charge >= 0.3 is 0 Å². The molecule has 0 saturated carbocycles. The van der Waals surface area contributed by atoms with Crippen LogP contribution < -0.4 is 0 Å². The van der Waals surface area contributed by atoms with Crippen molar-refractivity contribution in [1.29, 1.82) is 0 Å². The van der Waals surface area contributed by atoms with E-state index in [0.29, 0.717) is 6.61 Å². The molecule has 0 amide bonds. The van der Waals surface area contributed by atoms with Crippen LogP contribution in [0.2, 0.25) is 0 Å². The van der Waals surface area contributed by atoms with Crippen LogP contribution in [-0.4, -0.2) is 72.9 Å². The lowest BCUT2D eigenvalue weighted by Crippen LogP contribution is -2.49. The topological polar surface area (TPSA) is 55.4 Å². The molecular formula is C11H22O6. The average molecular weight is 250 g/mol. The Hall–Kier alpha value is -0.240. The molecule has 0 aromatic carbocycles. The van der Waals surface area contributed by atoms with E-state index < -0.39 is 5.79 Å². The summed E-state index contributed by atoms with van der Waals surface area (Å²) in [6.07, 6.45) is -0.863. The highest BCUT2D eigenvalue weighted by Gasteiger charge is 2.56. The molecule has 102 valence electrons. The van der Waals surface area contributed by atoms with Gasteiger partial charge in [-0.3, -0.25) is 0 Å². The summed E-state index contributed by atoms with van der Waals surface area (Å²) in [5.41, 5.74) is 0. The zero-order valence-corrected chi connectivity index (χ0v) is 11.1. The third-order valence-corrected chi connectivity index (χ3v) is 3.00. The molecule has 1 aliphatic rings. The Balaban J connectivity index is 2.90. The van der Waals surface area contributed by atoms with Gasteiger partial charge in [-0.25, -0.2) is 0 Å². The quantitative estimate of drug-likeness (QED) is 0.636. The fourth-order valence-corrected chi connectivity index (χ4v) is 2.26. The van der Waals surface area contributed by atoms with Gasteiger partial charge in [-0.1, -0.05) is 0 Å². The Morgan fingerprint density at radius 2 is 1.71 bits per heavy atom. The van der Waals surface area contributed by atoms with E-state index in [1.54, 1.807) is 35.5 Å². The molecule has 1 aliphatic heterocycles. The minimum absolute atomic E-state index is 0.245. The molecule has 6 nitrogen and oxygen atoms in total. The fourth-order valence-electron chi connectivity index (χ4n) is 2.26. The van der Waals surface area contributed by atoms with E-state index in [9.17, 15) is 0 Å². The highest BCUT2D eigenvalue weighted by atomic mass is 16.8. The van der Waals surface area contributed by atoms with Crippen molar-refractivity contribution in [3.8, 4) is 0 Å². The molecule has 0 bridgehead atoms. The van der Waals surface area contributed by atoms with Gasteiger partial charge in [0.05, 0.1) is 6.61 Å². The summed E-state index contributed by atoms with van der Waals surface area (Å²) in [6.45, 7) is 0.676. The summed E-state index contributed by atoms with van der Waals surface area (Å²) < 4.78 is 32.4. The molecule has 17 heavy (non-hydrogen) atoms. The first kappa shape index (κ1) is 14.8. The van der Waals surface area contributed by atoms with E-state index in [4.69, 9.17) is 28.4 Å². The van der Waals surface area contributed by atoms with Crippen molar-refractivity contribution in [2.24, 2.45) is 0 Å².